The van der Waals surface area contributed by atoms with Crippen LogP contribution in [-0.4, -0.2) is 55.7 Å². The SMILES string of the molecule is CCOC(=O)[C@H]1CS[C@@H](CC(=O)Nc2cc(OC)ccc2OC)C(=O)N1. The summed E-state index contributed by atoms with van der Waals surface area (Å²) in [6, 6.07) is 4.36. The fourth-order valence-electron chi connectivity index (χ4n) is 2.40. The molecule has 2 N–H and O–H groups in total. The predicted molar refractivity (Wildman–Crippen MR) is 97.6 cm³/mol. The molecule has 0 radical (unpaired) electrons. The number of amides is 2. The minimum Gasteiger partial charge on any atom is -0.497 e. The largest absolute Gasteiger partial charge is 0.497 e. The number of hydrogen-bond donors (Lipinski definition) is 2. The van der Waals surface area contributed by atoms with Gasteiger partial charge in [-0.3, -0.25) is 9.59 Å². The molecular formula is C17H22N2O6S. The molecule has 2 rings (SSSR count). The molecule has 0 spiro atoms. The highest BCUT2D eigenvalue weighted by molar-refractivity contribution is 8.00. The average molecular weight is 382 g/mol. The van der Waals surface area contributed by atoms with Crippen LogP contribution in [0.1, 0.15) is 13.3 Å². The third kappa shape index (κ3) is 5.04. The fraction of sp³-hybridized carbons (Fsp3) is 0.471. The molecule has 8 nitrogen and oxygen atoms in total. The number of esters is 1. The summed E-state index contributed by atoms with van der Waals surface area (Å²) < 4.78 is 15.3. The average Bonchev–Trinajstić information content (AvgIpc) is 2.63. The number of carbonyl (C=O) groups excluding carboxylic acids is 3. The standard InChI is InChI=1S/C17H22N2O6S/c1-4-25-17(22)12-9-26-14(16(21)19-12)8-15(20)18-11-7-10(23-2)5-6-13(11)24-3/h5-7,12,14H,4,8-9H2,1-3H3,(H,18,20)(H,19,21)/t12-,14+/m1/s1. The Morgan fingerprint density at radius 3 is 2.69 bits per heavy atom. The van der Waals surface area contributed by atoms with E-state index in [-0.39, 0.29) is 24.8 Å². The van der Waals surface area contributed by atoms with Crippen LogP contribution in [0.3, 0.4) is 0 Å². The summed E-state index contributed by atoms with van der Waals surface area (Å²) >= 11 is 1.26. The van der Waals surface area contributed by atoms with Crippen LogP contribution in [-0.2, 0) is 19.1 Å². The van der Waals surface area contributed by atoms with Gasteiger partial charge in [-0.1, -0.05) is 0 Å². The van der Waals surface area contributed by atoms with E-state index in [1.807, 2.05) is 0 Å². The van der Waals surface area contributed by atoms with Crippen LogP contribution in [0.2, 0.25) is 0 Å². The molecule has 142 valence electrons. The molecule has 0 bridgehead atoms. The van der Waals surface area contributed by atoms with Gasteiger partial charge in [-0.25, -0.2) is 4.79 Å². The summed E-state index contributed by atoms with van der Waals surface area (Å²) in [5.74, 6) is 0.277. The molecule has 0 unspecified atom stereocenters. The highest BCUT2D eigenvalue weighted by atomic mass is 32.2. The Morgan fingerprint density at radius 1 is 1.31 bits per heavy atom. The molecule has 1 aliphatic heterocycles. The van der Waals surface area contributed by atoms with Gasteiger partial charge in [-0.2, -0.15) is 0 Å². The Balaban J connectivity index is 1.94. The molecule has 1 fully saturated rings. The van der Waals surface area contributed by atoms with Crippen LogP contribution in [0, 0.1) is 0 Å². The molecule has 1 aromatic rings. The second-order valence-electron chi connectivity index (χ2n) is 5.45. The molecule has 1 aromatic carbocycles. The molecule has 1 saturated heterocycles. The van der Waals surface area contributed by atoms with Gasteiger partial charge in [0.2, 0.25) is 11.8 Å². The maximum atomic E-state index is 12.3. The highest BCUT2D eigenvalue weighted by Gasteiger charge is 2.34. The van der Waals surface area contributed by atoms with Crippen LogP contribution in [0.5, 0.6) is 11.5 Å². The molecule has 1 aliphatic rings. The summed E-state index contributed by atoms with van der Waals surface area (Å²) in [5, 5.41) is 4.76. The number of carbonyl (C=O) groups is 3. The van der Waals surface area contributed by atoms with Crippen molar-refractivity contribution in [1.29, 1.82) is 0 Å². The molecule has 0 aliphatic carbocycles. The van der Waals surface area contributed by atoms with E-state index in [2.05, 4.69) is 10.6 Å². The van der Waals surface area contributed by atoms with Crippen molar-refractivity contribution in [3.8, 4) is 11.5 Å². The van der Waals surface area contributed by atoms with Crippen molar-refractivity contribution in [2.45, 2.75) is 24.6 Å². The van der Waals surface area contributed by atoms with Crippen molar-refractivity contribution in [1.82, 2.24) is 5.32 Å². The quantitative estimate of drug-likeness (QED) is 0.683. The summed E-state index contributed by atoms with van der Waals surface area (Å²) in [4.78, 5) is 36.2. The lowest BCUT2D eigenvalue weighted by Crippen LogP contribution is -2.51. The number of anilines is 1. The van der Waals surface area contributed by atoms with Crippen LogP contribution < -0.4 is 20.1 Å². The Morgan fingerprint density at radius 2 is 2.08 bits per heavy atom. The zero-order chi connectivity index (χ0) is 19.1. The van der Waals surface area contributed by atoms with Gasteiger partial charge in [0.1, 0.15) is 17.5 Å². The van der Waals surface area contributed by atoms with E-state index in [1.54, 1.807) is 25.1 Å². The molecular weight excluding hydrogens is 360 g/mol. The van der Waals surface area contributed by atoms with E-state index in [9.17, 15) is 14.4 Å². The number of rotatable bonds is 7. The Labute approximate surface area is 155 Å². The zero-order valence-corrected chi connectivity index (χ0v) is 15.7. The third-order valence-corrected chi connectivity index (χ3v) is 5.00. The van der Waals surface area contributed by atoms with E-state index >= 15 is 0 Å². The van der Waals surface area contributed by atoms with Crippen molar-refractivity contribution < 1.29 is 28.6 Å². The van der Waals surface area contributed by atoms with Crippen LogP contribution in [0.25, 0.3) is 0 Å². The van der Waals surface area contributed by atoms with Gasteiger partial charge in [-0.05, 0) is 19.1 Å². The van der Waals surface area contributed by atoms with Gasteiger partial charge in [0.25, 0.3) is 0 Å². The number of nitrogens with one attached hydrogen (secondary N) is 2. The van der Waals surface area contributed by atoms with E-state index < -0.39 is 17.3 Å². The molecule has 1 heterocycles. The van der Waals surface area contributed by atoms with Crippen LogP contribution in [0.15, 0.2) is 18.2 Å². The third-order valence-electron chi connectivity index (χ3n) is 3.70. The van der Waals surface area contributed by atoms with Gasteiger partial charge < -0.3 is 24.8 Å². The number of thioether (sulfide) groups is 1. The lowest BCUT2D eigenvalue weighted by Gasteiger charge is -2.27. The molecule has 26 heavy (non-hydrogen) atoms. The topological polar surface area (TPSA) is 103 Å². The first kappa shape index (κ1) is 19.9. The number of benzene rings is 1. The van der Waals surface area contributed by atoms with Gasteiger partial charge in [0, 0.05) is 18.2 Å². The second-order valence-corrected chi connectivity index (χ2v) is 6.69. The van der Waals surface area contributed by atoms with Gasteiger partial charge in [0.15, 0.2) is 0 Å². The molecule has 2 atom stereocenters. The molecule has 0 saturated carbocycles. The number of methoxy groups -OCH3 is 2. The Bertz CT molecular complexity index is 681. The zero-order valence-electron chi connectivity index (χ0n) is 14.9. The van der Waals surface area contributed by atoms with Crippen molar-refractivity contribution in [3.63, 3.8) is 0 Å². The van der Waals surface area contributed by atoms with Crippen molar-refractivity contribution in [2.24, 2.45) is 0 Å². The summed E-state index contributed by atoms with van der Waals surface area (Å²) in [7, 11) is 3.02. The summed E-state index contributed by atoms with van der Waals surface area (Å²) in [5.41, 5.74) is 0.461. The first-order chi connectivity index (χ1) is 12.5. The van der Waals surface area contributed by atoms with Crippen molar-refractivity contribution >= 4 is 35.2 Å². The molecule has 0 aromatic heterocycles. The first-order valence-electron chi connectivity index (χ1n) is 8.09. The van der Waals surface area contributed by atoms with Crippen molar-refractivity contribution in [2.75, 3.05) is 31.9 Å². The molecule has 9 heteroatoms. The number of hydrogen-bond acceptors (Lipinski definition) is 7. The van der Waals surface area contributed by atoms with Crippen LogP contribution >= 0.6 is 11.8 Å². The fourth-order valence-corrected chi connectivity index (χ4v) is 3.53. The first-order valence-corrected chi connectivity index (χ1v) is 9.13. The van der Waals surface area contributed by atoms with Crippen molar-refractivity contribution in [3.05, 3.63) is 18.2 Å². The maximum absolute atomic E-state index is 12.3. The second kappa shape index (κ2) is 9.33. The van der Waals surface area contributed by atoms with Gasteiger partial charge in [0.05, 0.1) is 31.8 Å². The monoisotopic (exact) mass is 382 g/mol. The van der Waals surface area contributed by atoms with Gasteiger partial charge in [-0.15, -0.1) is 11.8 Å². The summed E-state index contributed by atoms with van der Waals surface area (Å²) in [6.07, 6.45) is -0.0214. The van der Waals surface area contributed by atoms with Gasteiger partial charge >= 0.3 is 5.97 Å². The number of ether oxygens (including phenoxy) is 3. The van der Waals surface area contributed by atoms with E-state index in [1.165, 1.54) is 26.0 Å². The highest BCUT2D eigenvalue weighted by Crippen LogP contribution is 2.29. The lowest BCUT2D eigenvalue weighted by molar-refractivity contribution is -0.146. The minimum absolute atomic E-state index is 0.0214. The molecule has 2 amide bonds. The lowest BCUT2D eigenvalue weighted by atomic mass is 10.2. The smallest absolute Gasteiger partial charge is 0.329 e. The minimum atomic E-state index is -0.676. The van der Waals surface area contributed by atoms with Crippen LogP contribution in [0.4, 0.5) is 5.69 Å². The normalized spacial score (nSPS) is 19.3. The Kier molecular flexibility index (Phi) is 7.14. The van der Waals surface area contributed by atoms with E-state index in [0.717, 1.165) is 0 Å². The maximum Gasteiger partial charge on any atom is 0.329 e. The summed E-state index contributed by atoms with van der Waals surface area (Å²) in [6.45, 7) is 1.96. The van der Waals surface area contributed by atoms with E-state index in [0.29, 0.717) is 22.9 Å². The predicted octanol–water partition coefficient (Wildman–Crippen LogP) is 1.20. The van der Waals surface area contributed by atoms with E-state index in [4.69, 9.17) is 14.2 Å². The Hall–Kier alpha value is -2.42.